The molecule has 0 aliphatic heterocycles. The molecule has 62 valence electrons. The molecule has 0 bridgehead atoms. The molecule has 0 heterocycles. The van der Waals surface area contributed by atoms with Gasteiger partial charge in [0.2, 0.25) is 0 Å². The molecule has 3 heteroatoms. The Labute approximate surface area is 76.3 Å². The fraction of sp³-hybridized carbons (Fsp3) is 0.222. The van der Waals surface area contributed by atoms with Crippen LogP contribution in [0.2, 0.25) is 0 Å². The van der Waals surface area contributed by atoms with Crippen LogP contribution in [0.3, 0.4) is 0 Å². The highest BCUT2D eigenvalue weighted by Crippen LogP contribution is 2.23. The van der Waals surface area contributed by atoms with Crippen LogP contribution in [0.4, 0.5) is 0 Å². The summed E-state index contributed by atoms with van der Waals surface area (Å²) in [6.07, 6.45) is 0. The summed E-state index contributed by atoms with van der Waals surface area (Å²) in [5, 5.41) is 8.71. The second-order valence-corrected chi connectivity index (χ2v) is 2.50. The van der Waals surface area contributed by atoms with E-state index in [-0.39, 0.29) is 0 Å². The molecular formula is C9H8ClNO. The van der Waals surface area contributed by atoms with Gasteiger partial charge in [0.05, 0.1) is 24.6 Å². The zero-order valence-corrected chi connectivity index (χ0v) is 7.43. The number of methoxy groups -OCH3 is 1. The Bertz CT molecular complexity index is 317. The summed E-state index contributed by atoms with van der Waals surface area (Å²) in [7, 11) is 1.56. The maximum absolute atomic E-state index is 8.71. The minimum atomic E-state index is 0.299. The molecule has 0 amide bonds. The molecule has 12 heavy (non-hydrogen) atoms. The molecule has 1 rings (SSSR count). The lowest BCUT2D eigenvalue weighted by Gasteiger charge is -2.05. The maximum atomic E-state index is 8.71. The quantitative estimate of drug-likeness (QED) is 0.656. The van der Waals surface area contributed by atoms with E-state index in [4.69, 9.17) is 21.6 Å². The lowest BCUT2D eigenvalue weighted by Crippen LogP contribution is -1.92. The normalized spacial score (nSPS) is 9.08. The zero-order valence-electron chi connectivity index (χ0n) is 6.67. The highest BCUT2D eigenvalue weighted by atomic mass is 35.5. The Kier molecular flexibility index (Phi) is 2.95. The fourth-order valence-corrected chi connectivity index (χ4v) is 1.28. The van der Waals surface area contributed by atoms with Crippen molar-refractivity contribution < 1.29 is 4.74 Å². The molecule has 1 aromatic rings. The van der Waals surface area contributed by atoms with Gasteiger partial charge < -0.3 is 4.74 Å². The summed E-state index contributed by atoms with van der Waals surface area (Å²) in [6.45, 7) is 0. The molecular weight excluding hydrogens is 174 g/mol. The van der Waals surface area contributed by atoms with Crippen LogP contribution in [-0.2, 0) is 5.88 Å². The summed E-state index contributed by atoms with van der Waals surface area (Å²) in [6, 6.07) is 7.34. The van der Waals surface area contributed by atoms with Crippen molar-refractivity contribution >= 4 is 11.6 Å². The number of hydrogen-bond acceptors (Lipinski definition) is 2. The summed E-state index contributed by atoms with van der Waals surface area (Å²) >= 11 is 5.66. The van der Waals surface area contributed by atoms with Gasteiger partial charge in [-0.2, -0.15) is 5.26 Å². The number of rotatable bonds is 2. The van der Waals surface area contributed by atoms with Gasteiger partial charge in [-0.25, -0.2) is 0 Å². The van der Waals surface area contributed by atoms with Crippen molar-refractivity contribution in [3.8, 4) is 11.8 Å². The Morgan fingerprint density at radius 2 is 2.33 bits per heavy atom. The number of nitrogens with zero attached hydrogens (tertiary/aromatic N) is 1. The lowest BCUT2D eigenvalue weighted by molar-refractivity contribution is 0.411. The van der Waals surface area contributed by atoms with Gasteiger partial charge >= 0.3 is 0 Å². The Morgan fingerprint density at radius 3 is 2.83 bits per heavy atom. The van der Waals surface area contributed by atoms with Gasteiger partial charge in [-0.05, 0) is 12.1 Å². The molecule has 0 aliphatic carbocycles. The molecule has 0 spiro atoms. The second kappa shape index (κ2) is 3.99. The second-order valence-electron chi connectivity index (χ2n) is 2.23. The first-order valence-corrected chi connectivity index (χ1v) is 3.99. The molecule has 0 fully saturated rings. The molecule has 0 atom stereocenters. The van der Waals surface area contributed by atoms with Gasteiger partial charge in [0.25, 0.3) is 0 Å². The molecule has 0 saturated heterocycles. The van der Waals surface area contributed by atoms with Crippen molar-refractivity contribution in [3.05, 3.63) is 29.3 Å². The van der Waals surface area contributed by atoms with Crippen LogP contribution < -0.4 is 4.74 Å². The topological polar surface area (TPSA) is 33.0 Å². The summed E-state index contributed by atoms with van der Waals surface area (Å²) in [4.78, 5) is 0. The molecule has 1 aromatic carbocycles. The van der Waals surface area contributed by atoms with Crippen LogP contribution in [0.25, 0.3) is 0 Å². The Morgan fingerprint density at radius 1 is 1.58 bits per heavy atom. The predicted octanol–water partition coefficient (Wildman–Crippen LogP) is 2.31. The van der Waals surface area contributed by atoms with E-state index in [1.54, 1.807) is 25.3 Å². The number of halogens is 1. The van der Waals surface area contributed by atoms with Gasteiger partial charge in [-0.15, -0.1) is 11.6 Å². The SMILES string of the molecule is COc1cccc(C#N)c1CCl. The van der Waals surface area contributed by atoms with Crippen molar-refractivity contribution in [2.24, 2.45) is 0 Å². The minimum absolute atomic E-state index is 0.299. The average Bonchev–Trinajstić information content (AvgIpc) is 2.16. The first kappa shape index (κ1) is 8.89. The summed E-state index contributed by atoms with van der Waals surface area (Å²) in [5.41, 5.74) is 1.33. The van der Waals surface area contributed by atoms with E-state index >= 15 is 0 Å². The molecule has 0 aromatic heterocycles. The van der Waals surface area contributed by atoms with Gasteiger partial charge in [-0.1, -0.05) is 6.07 Å². The van der Waals surface area contributed by atoms with Crippen LogP contribution in [0.15, 0.2) is 18.2 Å². The number of hydrogen-bond donors (Lipinski definition) is 0. The third-order valence-electron chi connectivity index (χ3n) is 1.61. The molecule has 0 aliphatic rings. The van der Waals surface area contributed by atoms with Gasteiger partial charge in [0.1, 0.15) is 5.75 Å². The van der Waals surface area contributed by atoms with E-state index in [1.807, 2.05) is 0 Å². The largest absolute Gasteiger partial charge is 0.496 e. The Hall–Kier alpha value is -1.20. The maximum Gasteiger partial charge on any atom is 0.124 e. The van der Waals surface area contributed by atoms with E-state index in [2.05, 4.69) is 6.07 Å². The van der Waals surface area contributed by atoms with Gasteiger partial charge in [0.15, 0.2) is 0 Å². The van der Waals surface area contributed by atoms with Crippen LogP contribution >= 0.6 is 11.6 Å². The number of nitriles is 1. The molecule has 2 nitrogen and oxygen atoms in total. The van der Waals surface area contributed by atoms with Crippen molar-refractivity contribution in [1.82, 2.24) is 0 Å². The monoisotopic (exact) mass is 181 g/mol. The Balaban J connectivity index is 3.24. The summed E-state index contributed by atoms with van der Waals surface area (Å²) in [5.74, 6) is 0.969. The molecule has 0 radical (unpaired) electrons. The van der Waals surface area contributed by atoms with Gasteiger partial charge in [0, 0.05) is 5.56 Å². The highest BCUT2D eigenvalue weighted by Gasteiger charge is 2.05. The number of benzene rings is 1. The average molecular weight is 182 g/mol. The first-order valence-electron chi connectivity index (χ1n) is 3.45. The predicted molar refractivity (Wildman–Crippen MR) is 47.3 cm³/mol. The van der Waals surface area contributed by atoms with Crippen LogP contribution in [-0.4, -0.2) is 7.11 Å². The standard InChI is InChI=1S/C9H8ClNO/c1-12-9-4-2-3-7(6-11)8(9)5-10/h2-4H,5H2,1H3. The molecule has 0 N–H and O–H groups in total. The van der Waals surface area contributed by atoms with Crippen LogP contribution in [0, 0.1) is 11.3 Å². The van der Waals surface area contributed by atoms with E-state index in [9.17, 15) is 0 Å². The van der Waals surface area contributed by atoms with Crippen molar-refractivity contribution in [2.45, 2.75) is 5.88 Å². The van der Waals surface area contributed by atoms with Crippen LogP contribution in [0.5, 0.6) is 5.75 Å². The zero-order chi connectivity index (χ0) is 8.97. The number of alkyl halides is 1. The molecule has 0 unspecified atom stereocenters. The molecule has 0 saturated carbocycles. The van der Waals surface area contributed by atoms with Crippen molar-refractivity contribution in [1.29, 1.82) is 5.26 Å². The lowest BCUT2D eigenvalue weighted by atomic mass is 10.1. The van der Waals surface area contributed by atoms with E-state index < -0.39 is 0 Å². The van der Waals surface area contributed by atoms with E-state index in [1.165, 1.54) is 0 Å². The third kappa shape index (κ3) is 1.51. The van der Waals surface area contributed by atoms with Crippen molar-refractivity contribution in [2.75, 3.05) is 7.11 Å². The summed E-state index contributed by atoms with van der Waals surface area (Å²) < 4.78 is 5.04. The van der Waals surface area contributed by atoms with E-state index in [0.717, 1.165) is 5.56 Å². The fourth-order valence-electron chi connectivity index (χ4n) is 0.999. The smallest absolute Gasteiger partial charge is 0.124 e. The highest BCUT2D eigenvalue weighted by molar-refractivity contribution is 6.17. The number of ether oxygens (including phenoxy) is 1. The first-order chi connectivity index (χ1) is 5.83. The van der Waals surface area contributed by atoms with Gasteiger partial charge in [-0.3, -0.25) is 0 Å². The third-order valence-corrected chi connectivity index (χ3v) is 1.87. The van der Waals surface area contributed by atoms with Crippen molar-refractivity contribution in [3.63, 3.8) is 0 Å². The van der Waals surface area contributed by atoms with Crippen LogP contribution in [0.1, 0.15) is 11.1 Å². The van der Waals surface area contributed by atoms with E-state index in [0.29, 0.717) is 17.2 Å². The minimum Gasteiger partial charge on any atom is -0.496 e.